The van der Waals surface area contributed by atoms with Crippen molar-refractivity contribution in [1.29, 1.82) is 0 Å². The van der Waals surface area contributed by atoms with E-state index in [4.69, 9.17) is 10.5 Å². The van der Waals surface area contributed by atoms with Gasteiger partial charge in [-0.25, -0.2) is 9.59 Å². The molecule has 1 fully saturated rings. The van der Waals surface area contributed by atoms with Crippen LogP contribution in [0, 0.1) is 0 Å². The van der Waals surface area contributed by atoms with E-state index in [1.807, 2.05) is 6.08 Å². The highest BCUT2D eigenvalue weighted by Crippen LogP contribution is 2.24. The van der Waals surface area contributed by atoms with E-state index in [9.17, 15) is 14.7 Å². The molecule has 1 saturated carbocycles. The number of rotatable bonds is 9. The van der Waals surface area contributed by atoms with Crippen LogP contribution < -0.4 is 5.73 Å². The molecule has 1 aliphatic rings. The Bertz CT molecular complexity index is 350. The number of carbonyl (C=O) groups excluding carboxylic acids is 1. The molecule has 0 aromatic heterocycles. The third kappa shape index (κ3) is 4.63. The Labute approximate surface area is 120 Å². The molecule has 0 radical (unpaired) electrons. The maximum atomic E-state index is 12.0. The number of carboxylic acids is 1. The van der Waals surface area contributed by atoms with E-state index < -0.39 is 17.5 Å². The summed E-state index contributed by atoms with van der Waals surface area (Å²) >= 11 is 0. The van der Waals surface area contributed by atoms with Gasteiger partial charge in [0.1, 0.15) is 6.10 Å². The molecule has 20 heavy (non-hydrogen) atoms. The first-order valence-electron chi connectivity index (χ1n) is 7.35. The molecule has 0 amide bonds. The van der Waals surface area contributed by atoms with Crippen LogP contribution in [0.5, 0.6) is 0 Å². The van der Waals surface area contributed by atoms with Gasteiger partial charge < -0.3 is 15.6 Å². The van der Waals surface area contributed by atoms with Crippen molar-refractivity contribution >= 4 is 11.9 Å². The van der Waals surface area contributed by atoms with Crippen LogP contribution in [0.2, 0.25) is 0 Å². The summed E-state index contributed by atoms with van der Waals surface area (Å²) in [6, 6.07) is 0. The summed E-state index contributed by atoms with van der Waals surface area (Å²) in [6.45, 7) is 3.63. The van der Waals surface area contributed by atoms with Gasteiger partial charge >= 0.3 is 11.9 Å². The summed E-state index contributed by atoms with van der Waals surface area (Å²) in [5.41, 5.74) is 3.88. The minimum Gasteiger partial charge on any atom is -0.479 e. The molecule has 1 aliphatic carbocycles. The van der Waals surface area contributed by atoms with Crippen LogP contribution in [0.4, 0.5) is 0 Å². The van der Waals surface area contributed by atoms with E-state index in [0.717, 1.165) is 44.9 Å². The van der Waals surface area contributed by atoms with Crippen LogP contribution in [0.15, 0.2) is 12.7 Å². The number of carbonyl (C=O) groups is 2. The van der Waals surface area contributed by atoms with Gasteiger partial charge in [0, 0.05) is 0 Å². The van der Waals surface area contributed by atoms with Gasteiger partial charge in [-0.1, -0.05) is 18.9 Å². The lowest BCUT2D eigenvalue weighted by Gasteiger charge is -2.24. The van der Waals surface area contributed by atoms with Crippen molar-refractivity contribution in [3.63, 3.8) is 0 Å². The van der Waals surface area contributed by atoms with E-state index >= 15 is 0 Å². The summed E-state index contributed by atoms with van der Waals surface area (Å²) in [4.78, 5) is 23.4. The van der Waals surface area contributed by atoms with Gasteiger partial charge in [-0.2, -0.15) is 0 Å². The lowest BCUT2D eigenvalue weighted by molar-refractivity contribution is -0.165. The van der Waals surface area contributed by atoms with Crippen molar-refractivity contribution in [3.8, 4) is 0 Å². The molecule has 0 aliphatic heterocycles. The fourth-order valence-corrected chi connectivity index (χ4v) is 2.43. The summed E-state index contributed by atoms with van der Waals surface area (Å²) in [7, 11) is 0. The zero-order valence-corrected chi connectivity index (χ0v) is 12.0. The van der Waals surface area contributed by atoms with Crippen molar-refractivity contribution < 1.29 is 19.4 Å². The molecule has 0 bridgehead atoms. The highest BCUT2D eigenvalue weighted by molar-refractivity contribution is 6.03. The Hall–Kier alpha value is -1.36. The fraction of sp³-hybridized carbons (Fsp3) is 0.733. The normalized spacial score (nSPS) is 18.4. The van der Waals surface area contributed by atoms with Gasteiger partial charge in [-0.15, -0.1) is 6.58 Å². The van der Waals surface area contributed by atoms with E-state index in [1.165, 1.54) is 0 Å². The molecule has 1 rings (SSSR count). The van der Waals surface area contributed by atoms with Crippen LogP contribution in [0.25, 0.3) is 0 Å². The molecule has 3 N–H and O–H groups in total. The van der Waals surface area contributed by atoms with E-state index in [0.29, 0.717) is 6.42 Å². The average molecular weight is 283 g/mol. The number of hydrogen-bond donors (Lipinski definition) is 2. The monoisotopic (exact) mass is 283 g/mol. The quantitative estimate of drug-likeness (QED) is 0.293. The SMILES string of the molecule is C=CCCCCCC(N)(C(=O)O)C(=O)OC1CCCC1. The zero-order valence-electron chi connectivity index (χ0n) is 12.0. The number of unbranched alkanes of at least 4 members (excludes halogenated alkanes) is 3. The van der Waals surface area contributed by atoms with Crippen LogP contribution in [-0.2, 0) is 14.3 Å². The Kier molecular flexibility index (Phi) is 6.71. The van der Waals surface area contributed by atoms with E-state index in [2.05, 4.69) is 6.58 Å². The van der Waals surface area contributed by atoms with E-state index in [1.54, 1.807) is 0 Å². The van der Waals surface area contributed by atoms with Gasteiger partial charge in [0.05, 0.1) is 0 Å². The third-order valence-corrected chi connectivity index (χ3v) is 3.80. The zero-order chi connectivity index (χ0) is 15.0. The number of hydrogen-bond acceptors (Lipinski definition) is 4. The van der Waals surface area contributed by atoms with E-state index in [-0.39, 0.29) is 12.5 Å². The largest absolute Gasteiger partial charge is 0.479 e. The molecule has 0 aromatic rings. The van der Waals surface area contributed by atoms with Crippen molar-refractivity contribution in [1.82, 2.24) is 0 Å². The molecule has 114 valence electrons. The standard InChI is InChI=1S/C15H25NO4/c1-2-3-4-5-8-11-15(16,13(17)18)14(19)20-12-9-6-7-10-12/h2,12H,1,3-11,16H2,(H,17,18). The Morgan fingerprint density at radius 1 is 1.30 bits per heavy atom. The summed E-state index contributed by atoms with van der Waals surface area (Å²) < 4.78 is 5.26. The van der Waals surface area contributed by atoms with Crippen LogP contribution in [0.1, 0.15) is 57.8 Å². The number of allylic oxidation sites excluding steroid dienone is 1. The first-order chi connectivity index (χ1) is 9.50. The topological polar surface area (TPSA) is 89.6 Å². The van der Waals surface area contributed by atoms with Crippen LogP contribution in [0.3, 0.4) is 0 Å². The molecule has 0 saturated heterocycles. The average Bonchev–Trinajstić information content (AvgIpc) is 2.90. The van der Waals surface area contributed by atoms with Crippen LogP contribution >= 0.6 is 0 Å². The van der Waals surface area contributed by atoms with Crippen molar-refractivity contribution in [2.24, 2.45) is 5.73 Å². The van der Waals surface area contributed by atoms with Crippen molar-refractivity contribution in [3.05, 3.63) is 12.7 Å². The smallest absolute Gasteiger partial charge is 0.338 e. The fourth-order valence-electron chi connectivity index (χ4n) is 2.43. The number of esters is 1. The van der Waals surface area contributed by atoms with Gasteiger partial charge in [0.25, 0.3) is 0 Å². The van der Waals surface area contributed by atoms with Gasteiger partial charge in [-0.05, 0) is 44.9 Å². The number of carboxylic acid groups (broad SMARTS) is 1. The predicted octanol–water partition coefficient (Wildman–Crippen LogP) is 2.39. The van der Waals surface area contributed by atoms with Gasteiger partial charge in [0.15, 0.2) is 0 Å². The molecule has 5 nitrogen and oxygen atoms in total. The Balaban J connectivity index is 2.48. The maximum absolute atomic E-state index is 12.0. The summed E-state index contributed by atoms with van der Waals surface area (Å²) in [5, 5.41) is 9.24. The molecule has 5 heteroatoms. The number of ether oxygens (including phenoxy) is 1. The third-order valence-electron chi connectivity index (χ3n) is 3.80. The summed E-state index contributed by atoms with van der Waals surface area (Å²) in [5.74, 6) is -2.09. The second kappa shape index (κ2) is 8.04. The Morgan fingerprint density at radius 2 is 1.95 bits per heavy atom. The number of aliphatic carboxylic acids is 1. The predicted molar refractivity (Wildman–Crippen MR) is 76.2 cm³/mol. The van der Waals surface area contributed by atoms with Crippen LogP contribution in [-0.4, -0.2) is 28.7 Å². The maximum Gasteiger partial charge on any atom is 0.338 e. The first-order valence-corrected chi connectivity index (χ1v) is 7.35. The highest BCUT2D eigenvalue weighted by atomic mass is 16.5. The first kappa shape index (κ1) is 16.7. The highest BCUT2D eigenvalue weighted by Gasteiger charge is 2.44. The minimum atomic E-state index is -1.91. The molecule has 0 aromatic carbocycles. The van der Waals surface area contributed by atoms with Gasteiger partial charge in [0.2, 0.25) is 5.54 Å². The molecule has 0 spiro atoms. The number of nitrogens with two attached hydrogens (primary N) is 1. The second-order valence-corrected chi connectivity index (χ2v) is 5.48. The lowest BCUT2D eigenvalue weighted by atomic mass is 9.93. The minimum absolute atomic E-state index is 0.116. The molecule has 1 atom stereocenters. The molecule has 0 heterocycles. The summed E-state index contributed by atoms with van der Waals surface area (Å²) in [6.07, 6.45) is 8.66. The molecular weight excluding hydrogens is 258 g/mol. The van der Waals surface area contributed by atoms with Crippen molar-refractivity contribution in [2.45, 2.75) is 69.4 Å². The molecular formula is C15H25NO4. The lowest BCUT2D eigenvalue weighted by Crippen LogP contribution is -2.56. The van der Waals surface area contributed by atoms with Crippen molar-refractivity contribution in [2.75, 3.05) is 0 Å². The van der Waals surface area contributed by atoms with Gasteiger partial charge in [-0.3, -0.25) is 0 Å². The Morgan fingerprint density at radius 3 is 2.50 bits per heavy atom. The second-order valence-electron chi connectivity index (χ2n) is 5.48. The molecule has 1 unspecified atom stereocenters.